The molecule has 2 atom stereocenters. The van der Waals surface area contributed by atoms with Gasteiger partial charge in [-0.1, -0.05) is 6.92 Å². The Labute approximate surface area is 106 Å². The van der Waals surface area contributed by atoms with Crippen LogP contribution in [0, 0.1) is 5.92 Å². The molecule has 0 radical (unpaired) electrons. The third kappa shape index (κ3) is 2.53. The molecule has 94 valence electrons. The highest BCUT2D eigenvalue weighted by Crippen LogP contribution is 2.33. The lowest BCUT2D eigenvalue weighted by Crippen LogP contribution is -2.38. The number of hydrogen-bond donors (Lipinski definition) is 0. The molecule has 1 aromatic rings. The Bertz CT molecular complexity index is 402. The number of carbonyl (C=O) groups is 1. The molecular weight excluding hydrogens is 234 g/mol. The maximum absolute atomic E-state index is 11.4. The molecule has 1 aliphatic heterocycles. The van der Waals surface area contributed by atoms with E-state index in [0.29, 0.717) is 6.04 Å². The Hall–Kier alpha value is -0.870. The van der Waals surface area contributed by atoms with Gasteiger partial charge in [0.15, 0.2) is 0 Å². The Morgan fingerprint density at radius 2 is 2.47 bits per heavy atom. The van der Waals surface area contributed by atoms with Crippen molar-refractivity contribution in [1.29, 1.82) is 0 Å². The van der Waals surface area contributed by atoms with Crippen LogP contribution in [-0.4, -0.2) is 31.1 Å². The highest BCUT2D eigenvalue weighted by molar-refractivity contribution is 7.10. The summed E-state index contributed by atoms with van der Waals surface area (Å²) < 4.78 is 4.78. The van der Waals surface area contributed by atoms with Crippen LogP contribution in [0.5, 0.6) is 0 Å². The quantitative estimate of drug-likeness (QED) is 0.775. The van der Waals surface area contributed by atoms with Gasteiger partial charge < -0.3 is 4.74 Å². The van der Waals surface area contributed by atoms with E-state index >= 15 is 0 Å². The molecule has 0 saturated heterocycles. The zero-order chi connectivity index (χ0) is 12.4. The molecule has 0 aromatic carbocycles. The molecule has 0 aliphatic carbocycles. The van der Waals surface area contributed by atoms with Crippen LogP contribution in [-0.2, 0) is 16.0 Å². The number of ether oxygens (including phenoxy) is 1. The summed E-state index contributed by atoms with van der Waals surface area (Å²) in [5.74, 6) is -0.170. The second kappa shape index (κ2) is 5.19. The van der Waals surface area contributed by atoms with Crippen molar-refractivity contribution in [3.8, 4) is 0 Å². The van der Waals surface area contributed by atoms with Crippen molar-refractivity contribution in [1.82, 2.24) is 4.90 Å². The monoisotopic (exact) mass is 253 g/mol. The van der Waals surface area contributed by atoms with Crippen LogP contribution in [0.25, 0.3) is 0 Å². The zero-order valence-electron chi connectivity index (χ0n) is 10.6. The van der Waals surface area contributed by atoms with Gasteiger partial charge >= 0.3 is 5.97 Å². The average Bonchev–Trinajstić information content (AvgIpc) is 2.80. The molecule has 1 aliphatic rings. The van der Waals surface area contributed by atoms with Crippen LogP contribution in [0.15, 0.2) is 11.4 Å². The Morgan fingerprint density at radius 1 is 1.71 bits per heavy atom. The third-order valence-corrected chi connectivity index (χ3v) is 4.51. The lowest BCUT2D eigenvalue weighted by molar-refractivity contribution is -0.145. The van der Waals surface area contributed by atoms with Crippen molar-refractivity contribution in [2.75, 3.05) is 20.2 Å². The summed E-state index contributed by atoms with van der Waals surface area (Å²) in [6.07, 6.45) is 1.10. The van der Waals surface area contributed by atoms with E-state index in [1.165, 1.54) is 17.6 Å². The third-order valence-electron chi connectivity index (χ3n) is 3.52. The van der Waals surface area contributed by atoms with Crippen LogP contribution in [0.4, 0.5) is 0 Å². The molecule has 0 saturated carbocycles. The van der Waals surface area contributed by atoms with Gasteiger partial charge in [-0.2, -0.15) is 0 Å². The fraction of sp³-hybridized carbons (Fsp3) is 0.615. The lowest BCUT2D eigenvalue weighted by Gasteiger charge is -2.34. The van der Waals surface area contributed by atoms with E-state index in [2.05, 4.69) is 23.3 Å². The highest BCUT2D eigenvalue weighted by Gasteiger charge is 2.27. The minimum Gasteiger partial charge on any atom is -0.469 e. The molecule has 2 unspecified atom stereocenters. The largest absolute Gasteiger partial charge is 0.469 e. The molecule has 0 bridgehead atoms. The summed E-state index contributed by atoms with van der Waals surface area (Å²) in [6, 6.07) is 2.62. The standard InChI is InChI=1S/C13H19NO2S/c1-9(13(15)16-3)8-14-6-4-12-11(10(14)2)5-7-17-12/h5,7,9-10H,4,6,8H2,1-3H3. The number of hydrogen-bond acceptors (Lipinski definition) is 4. The van der Waals surface area contributed by atoms with Gasteiger partial charge in [-0.25, -0.2) is 0 Å². The summed E-state index contributed by atoms with van der Waals surface area (Å²) in [7, 11) is 1.45. The number of fused-ring (bicyclic) bond motifs is 1. The Kier molecular flexibility index (Phi) is 3.84. The van der Waals surface area contributed by atoms with Crippen molar-refractivity contribution < 1.29 is 9.53 Å². The molecule has 0 spiro atoms. The Balaban J connectivity index is 2.03. The number of esters is 1. The van der Waals surface area contributed by atoms with Crippen LogP contribution < -0.4 is 0 Å². The van der Waals surface area contributed by atoms with Gasteiger partial charge in [0.2, 0.25) is 0 Å². The van der Waals surface area contributed by atoms with Gasteiger partial charge in [0, 0.05) is 24.0 Å². The first-order valence-electron chi connectivity index (χ1n) is 6.01. The zero-order valence-corrected chi connectivity index (χ0v) is 11.4. The van der Waals surface area contributed by atoms with E-state index in [9.17, 15) is 4.79 Å². The average molecular weight is 253 g/mol. The number of rotatable bonds is 3. The van der Waals surface area contributed by atoms with Gasteiger partial charge in [0.05, 0.1) is 13.0 Å². The topological polar surface area (TPSA) is 29.5 Å². The summed E-state index contributed by atoms with van der Waals surface area (Å²) in [5, 5.41) is 2.16. The van der Waals surface area contributed by atoms with Crippen LogP contribution in [0.3, 0.4) is 0 Å². The van der Waals surface area contributed by atoms with Crippen LogP contribution >= 0.6 is 11.3 Å². The molecule has 0 fully saturated rings. The predicted octanol–water partition coefficient (Wildman–Crippen LogP) is 2.48. The van der Waals surface area contributed by atoms with Crippen molar-refractivity contribution >= 4 is 17.3 Å². The number of nitrogens with zero attached hydrogens (tertiary/aromatic N) is 1. The molecule has 2 rings (SSSR count). The van der Waals surface area contributed by atoms with E-state index in [0.717, 1.165) is 19.5 Å². The van der Waals surface area contributed by atoms with Crippen molar-refractivity contribution in [3.05, 3.63) is 21.9 Å². The maximum atomic E-state index is 11.4. The fourth-order valence-corrected chi connectivity index (χ4v) is 3.40. The van der Waals surface area contributed by atoms with E-state index in [1.54, 1.807) is 0 Å². The normalized spacial score (nSPS) is 21.9. The van der Waals surface area contributed by atoms with Gasteiger partial charge in [-0.3, -0.25) is 9.69 Å². The molecule has 4 heteroatoms. The molecule has 0 N–H and O–H groups in total. The van der Waals surface area contributed by atoms with E-state index in [1.807, 2.05) is 18.3 Å². The van der Waals surface area contributed by atoms with Crippen molar-refractivity contribution in [2.45, 2.75) is 26.3 Å². The maximum Gasteiger partial charge on any atom is 0.309 e. The summed E-state index contributed by atoms with van der Waals surface area (Å²) in [6.45, 7) is 5.97. The second-order valence-electron chi connectivity index (χ2n) is 4.64. The second-order valence-corrected chi connectivity index (χ2v) is 5.64. The molecule has 1 aromatic heterocycles. The summed E-state index contributed by atoms with van der Waals surface area (Å²) >= 11 is 1.84. The minimum atomic E-state index is -0.117. The van der Waals surface area contributed by atoms with E-state index in [-0.39, 0.29) is 11.9 Å². The molecular formula is C13H19NO2S. The molecule has 0 amide bonds. The highest BCUT2D eigenvalue weighted by atomic mass is 32.1. The van der Waals surface area contributed by atoms with E-state index < -0.39 is 0 Å². The fourth-order valence-electron chi connectivity index (χ4n) is 2.44. The van der Waals surface area contributed by atoms with Gasteiger partial charge in [-0.15, -0.1) is 11.3 Å². The number of thiophene rings is 1. The number of carbonyl (C=O) groups excluding carboxylic acids is 1. The first kappa shape index (κ1) is 12.6. The van der Waals surface area contributed by atoms with Crippen LogP contribution in [0.1, 0.15) is 30.3 Å². The molecule has 3 nitrogen and oxygen atoms in total. The first-order chi connectivity index (χ1) is 8.13. The number of methoxy groups -OCH3 is 1. The van der Waals surface area contributed by atoms with Gasteiger partial charge in [0.1, 0.15) is 0 Å². The van der Waals surface area contributed by atoms with Crippen molar-refractivity contribution in [2.24, 2.45) is 5.92 Å². The summed E-state index contributed by atoms with van der Waals surface area (Å²) in [4.78, 5) is 15.3. The van der Waals surface area contributed by atoms with E-state index in [4.69, 9.17) is 4.74 Å². The first-order valence-corrected chi connectivity index (χ1v) is 6.89. The van der Waals surface area contributed by atoms with Crippen molar-refractivity contribution in [3.63, 3.8) is 0 Å². The smallest absolute Gasteiger partial charge is 0.309 e. The Morgan fingerprint density at radius 3 is 3.18 bits per heavy atom. The summed E-state index contributed by atoms with van der Waals surface area (Å²) in [5.41, 5.74) is 1.43. The SMILES string of the molecule is COC(=O)C(C)CN1CCc2sccc2C1C. The van der Waals surface area contributed by atoms with Gasteiger partial charge in [0.25, 0.3) is 0 Å². The van der Waals surface area contributed by atoms with Crippen LogP contribution in [0.2, 0.25) is 0 Å². The predicted molar refractivity (Wildman–Crippen MR) is 69.2 cm³/mol. The lowest BCUT2D eigenvalue weighted by atomic mass is 10.00. The van der Waals surface area contributed by atoms with Gasteiger partial charge in [-0.05, 0) is 30.4 Å². The molecule has 2 heterocycles. The minimum absolute atomic E-state index is 0.0531. The molecule has 17 heavy (non-hydrogen) atoms.